The first kappa shape index (κ1) is 34.1. The van der Waals surface area contributed by atoms with Crippen molar-refractivity contribution in [2.24, 2.45) is 0 Å². The summed E-state index contributed by atoms with van der Waals surface area (Å²) in [5.74, 6) is -4.83. The maximum absolute atomic E-state index is 15.7. The number of anilines is 1. The summed E-state index contributed by atoms with van der Waals surface area (Å²) < 4.78 is 45.2. The number of hydrogen-bond donors (Lipinski definition) is 2. The van der Waals surface area contributed by atoms with Gasteiger partial charge in [0, 0.05) is 72.3 Å². The molecule has 1 aromatic heterocycles. The molecule has 0 bridgehead atoms. The Kier molecular flexibility index (Phi) is 9.75. The van der Waals surface area contributed by atoms with E-state index in [9.17, 15) is 34.2 Å². The number of hydrogen-bond acceptors (Lipinski definition) is 13. The number of carboxylic acid groups (broad SMARTS) is 1. The third-order valence-corrected chi connectivity index (χ3v) is 8.61. The number of rotatable bonds is 9. The average molecular weight is 664 g/mol. The molecule has 2 N–H and O–H groups in total. The Morgan fingerprint density at radius 2 is 1.62 bits per heavy atom. The number of ether oxygens (including phenoxy) is 5. The fourth-order valence-electron chi connectivity index (χ4n) is 6.44. The van der Waals surface area contributed by atoms with Gasteiger partial charge in [0.1, 0.15) is 17.4 Å². The molecular formula is C31H38FN3O12. The average Bonchev–Trinajstić information content (AvgIpc) is 3.82. The third kappa shape index (κ3) is 6.89. The number of aromatic carboxylic acids is 1. The molecule has 47 heavy (non-hydrogen) atoms. The van der Waals surface area contributed by atoms with Gasteiger partial charge in [0.2, 0.25) is 5.43 Å². The van der Waals surface area contributed by atoms with Gasteiger partial charge in [-0.25, -0.2) is 9.18 Å². The molecule has 256 valence electrons. The Morgan fingerprint density at radius 1 is 1.00 bits per heavy atom. The Bertz CT molecular complexity index is 1640. The number of piperazine rings is 1. The lowest BCUT2D eigenvalue weighted by Gasteiger charge is -2.47. The minimum absolute atomic E-state index is 0.0817. The second-order valence-electron chi connectivity index (χ2n) is 12.1. The van der Waals surface area contributed by atoms with Crippen LogP contribution in [0.4, 0.5) is 10.1 Å². The van der Waals surface area contributed by atoms with E-state index in [-0.39, 0.29) is 48.3 Å². The number of aromatic nitrogens is 1. The van der Waals surface area contributed by atoms with E-state index < -0.39 is 77.1 Å². The number of methoxy groups -OCH3 is 1. The van der Waals surface area contributed by atoms with Gasteiger partial charge in [0.25, 0.3) is 0 Å². The maximum atomic E-state index is 15.7. The van der Waals surface area contributed by atoms with Gasteiger partial charge in [-0.2, -0.15) is 0 Å². The normalized spacial score (nSPS) is 26.6. The predicted molar refractivity (Wildman–Crippen MR) is 161 cm³/mol. The van der Waals surface area contributed by atoms with Gasteiger partial charge in [-0.3, -0.25) is 24.1 Å². The molecule has 3 fully saturated rings. The van der Waals surface area contributed by atoms with Crippen molar-refractivity contribution in [1.82, 2.24) is 9.47 Å². The van der Waals surface area contributed by atoms with Gasteiger partial charge in [-0.05, 0) is 25.8 Å². The van der Waals surface area contributed by atoms with Crippen molar-refractivity contribution in [3.05, 3.63) is 33.9 Å². The zero-order valence-electron chi connectivity index (χ0n) is 26.6. The Labute approximate surface area is 268 Å². The lowest BCUT2D eigenvalue weighted by atomic mass is 9.96. The van der Waals surface area contributed by atoms with Crippen molar-refractivity contribution in [1.29, 1.82) is 0 Å². The highest BCUT2D eigenvalue weighted by Gasteiger charge is 2.52. The van der Waals surface area contributed by atoms with Crippen LogP contribution in [-0.2, 0) is 38.1 Å². The molecule has 0 amide bonds. The van der Waals surface area contributed by atoms with E-state index in [0.717, 1.165) is 18.9 Å². The van der Waals surface area contributed by atoms with Gasteiger partial charge < -0.3 is 43.4 Å². The molecule has 5 rings (SSSR count). The van der Waals surface area contributed by atoms with Crippen LogP contribution in [0.15, 0.2) is 17.1 Å². The first-order valence-electron chi connectivity index (χ1n) is 15.2. The highest BCUT2D eigenvalue weighted by atomic mass is 19.1. The predicted octanol–water partition coefficient (Wildman–Crippen LogP) is 1.56. The van der Waals surface area contributed by atoms with Crippen LogP contribution >= 0.6 is 0 Å². The van der Waals surface area contributed by atoms with Gasteiger partial charge in [-0.1, -0.05) is 0 Å². The van der Waals surface area contributed by atoms with E-state index in [1.807, 2.05) is 11.8 Å². The molecule has 6 atom stereocenters. The van der Waals surface area contributed by atoms with Gasteiger partial charge >= 0.3 is 23.9 Å². The molecule has 2 aromatic rings. The summed E-state index contributed by atoms with van der Waals surface area (Å²) in [4.78, 5) is 64.4. The number of carbonyl (C=O) groups is 4. The topological polar surface area (TPSA) is 183 Å². The molecule has 1 aromatic carbocycles. The molecule has 15 nitrogen and oxygen atoms in total. The number of halogens is 1. The van der Waals surface area contributed by atoms with Crippen LogP contribution in [0.5, 0.6) is 5.75 Å². The third-order valence-electron chi connectivity index (χ3n) is 8.61. The first-order chi connectivity index (χ1) is 22.2. The number of phenolic OH excluding ortho intramolecular Hbond substituents is 1. The van der Waals surface area contributed by atoms with Crippen molar-refractivity contribution in [3.8, 4) is 5.75 Å². The SMILES string of the molecule is CO[C@H]1O[C@H](CN2CCN(c3c(F)cc4c(=O)c(C(=O)O)cn(C5CC5)c4c3O)CC2C)[C@@H](OC(C)=O)[C@H](OC(C)=O)[C@H]1OC(C)=O. The maximum Gasteiger partial charge on any atom is 0.341 e. The van der Waals surface area contributed by atoms with Crippen molar-refractivity contribution in [2.45, 2.75) is 83.3 Å². The van der Waals surface area contributed by atoms with Crippen LogP contribution in [-0.4, -0.2) is 114 Å². The number of aromatic hydroxyl groups is 1. The van der Waals surface area contributed by atoms with Crippen molar-refractivity contribution < 1.29 is 57.5 Å². The standard InChI is InChI=1S/C31H38FN3O12/c1-14-11-34(24-21(32)10-19-23(26(24)40)35(18-6-7-18)12-20(25(19)39)30(41)42)9-8-33(14)13-22-27(44-15(2)36)28(45-16(3)37)29(46-17(4)38)31(43-5)47-22/h10,12,14,18,22,27-29,31,40H,6-9,11,13H2,1-5H3,(H,41,42)/t14?,22-,27-,28+,29-,31+/m1/s1. The van der Waals surface area contributed by atoms with Crippen LogP contribution in [0.2, 0.25) is 0 Å². The molecule has 0 spiro atoms. The second-order valence-corrected chi connectivity index (χ2v) is 12.1. The van der Waals surface area contributed by atoms with Crippen molar-refractivity contribution in [2.75, 3.05) is 38.2 Å². The highest BCUT2D eigenvalue weighted by Crippen LogP contribution is 2.43. The van der Waals surface area contributed by atoms with Crippen molar-refractivity contribution in [3.63, 3.8) is 0 Å². The number of fused-ring (bicyclic) bond motifs is 1. The van der Waals surface area contributed by atoms with Crippen LogP contribution in [0.3, 0.4) is 0 Å². The van der Waals surface area contributed by atoms with Gasteiger partial charge in [0.15, 0.2) is 36.2 Å². The molecule has 1 saturated carbocycles. The molecule has 2 saturated heterocycles. The summed E-state index contributed by atoms with van der Waals surface area (Å²) in [6, 6.07) is 0.567. The number of pyridine rings is 1. The molecule has 16 heteroatoms. The summed E-state index contributed by atoms with van der Waals surface area (Å²) in [5, 5.41) is 20.7. The number of carbonyl (C=O) groups excluding carboxylic acids is 3. The zero-order chi connectivity index (χ0) is 34.3. The lowest BCUT2D eigenvalue weighted by molar-refractivity contribution is -0.300. The smallest absolute Gasteiger partial charge is 0.341 e. The quantitative estimate of drug-likeness (QED) is 0.291. The summed E-state index contributed by atoms with van der Waals surface area (Å²) in [7, 11) is 1.33. The number of carboxylic acids is 1. The molecule has 3 aliphatic rings. The zero-order valence-corrected chi connectivity index (χ0v) is 26.6. The monoisotopic (exact) mass is 663 g/mol. The first-order valence-corrected chi connectivity index (χ1v) is 15.2. The highest BCUT2D eigenvalue weighted by molar-refractivity contribution is 5.97. The van der Waals surface area contributed by atoms with E-state index in [0.29, 0.717) is 6.54 Å². The fraction of sp³-hybridized carbons (Fsp3) is 0.581. The number of phenols is 1. The second kappa shape index (κ2) is 13.4. The minimum atomic E-state index is -1.43. The van der Waals surface area contributed by atoms with Crippen LogP contribution in [0.1, 0.15) is 56.9 Å². The van der Waals surface area contributed by atoms with Crippen LogP contribution in [0, 0.1) is 5.82 Å². The lowest BCUT2D eigenvalue weighted by Crippen LogP contribution is -2.65. The molecule has 0 radical (unpaired) electrons. The molecule has 1 unspecified atom stereocenters. The molecule has 2 aliphatic heterocycles. The Balaban J connectivity index is 1.42. The van der Waals surface area contributed by atoms with E-state index in [2.05, 4.69) is 0 Å². The van der Waals surface area contributed by atoms with Gasteiger partial charge in [-0.15, -0.1) is 0 Å². The number of esters is 3. The number of benzene rings is 1. The Morgan fingerprint density at radius 3 is 2.17 bits per heavy atom. The summed E-state index contributed by atoms with van der Waals surface area (Å²) >= 11 is 0. The minimum Gasteiger partial charge on any atom is -0.504 e. The summed E-state index contributed by atoms with van der Waals surface area (Å²) in [6.45, 7) is 6.29. The molecular weight excluding hydrogens is 625 g/mol. The van der Waals surface area contributed by atoms with Crippen molar-refractivity contribution >= 4 is 40.5 Å². The summed E-state index contributed by atoms with van der Waals surface area (Å²) in [5.41, 5.74) is -1.40. The molecule has 3 heterocycles. The van der Waals surface area contributed by atoms with Crippen LogP contribution < -0.4 is 10.3 Å². The van der Waals surface area contributed by atoms with Crippen LogP contribution in [0.25, 0.3) is 10.9 Å². The van der Waals surface area contributed by atoms with E-state index in [4.69, 9.17) is 23.7 Å². The summed E-state index contributed by atoms with van der Waals surface area (Å²) in [6.07, 6.45) is -3.06. The largest absolute Gasteiger partial charge is 0.504 e. The van der Waals surface area contributed by atoms with Gasteiger partial charge in [0.05, 0.1) is 10.9 Å². The fourth-order valence-corrected chi connectivity index (χ4v) is 6.44. The molecule has 1 aliphatic carbocycles. The van der Waals surface area contributed by atoms with E-state index >= 15 is 4.39 Å². The number of nitrogens with zero attached hydrogens (tertiary/aromatic N) is 3. The Hall–Kier alpha value is -4.28. The van der Waals surface area contributed by atoms with E-state index in [1.54, 1.807) is 9.47 Å². The van der Waals surface area contributed by atoms with E-state index in [1.165, 1.54) is 34.1 Å².